The van der Waals surface area contributed by atoms with Gasteiger partial charge in [0, 0.05) is 17.3 Å². The second-order valence-corrected chi connectivity index (χ2v) is 3.18. The third kappa shape index (κ3) is 1.20. The van der Waals surface area contributed by atoms with Gasteiger partial charge in [-0.3, -0.25) is 0 Å². The summed E-state index contributed by atoms with van der Waals surface area (Å²) in [5, 5.41) is 3.30. The van der Waals surface area contributed by atoms with Crippen LogP contribution in [0.3, 0.4) is 0 Å². The molecular formula is C10H12N2. The van der Waals surface area contributed by atoms with Crippen LogP contribution in [0.1, 0.15) is 18.2 Å². The zero-order valence-corrected chi connectivity index (χ0v) is 7.33. The maximum atomic E-state index is 4.40. The first kappa shape index (κ1) is 7.35. The van der Waals surface area contributed by atoms with Crippen molar-refractivity contribution in [3.63, 3.8) is 0 Å². The van der Waals surface area contributed by atoms with E-state index in [0.29, 0.717) is 6.04 Å². The Kier molecular flexibility index (Phi) is 1.61. The fourth-order valence-corrected chi connectivity index (χ4v) is 1.33. The predicted octanol–water partition coefficient (Wildman–Crippen LogP) is 2.22. The van der Waals surface area contributed by atoms with E-state index in [1.807, 2.05) is 13.0 Å². The molecule has 0 amide bonds. The molecular weight excluding hydrogens is 148 g/mol. The van der Waals surface area contributed by atoms with Crippen molar-refractivity contribution < 1.29 is 0 Å². The van der Waals surface area contributed by atoms with Gasteiger partial charge in [0.25, 0.3) is 0 Å². The van der Waals surface area contributed by atoms with Crippen molar-refractivity contribution in [2.24, 2.45) is 0 Å². The fourth-order valence-electron chi connectivity index (χ4n) is 1.33. The lowest BCUT2D eigenvalue weighted by Crippen LogP contribution is -2.17. The standard InChI is InChI=1S/C10H12N2/c1-7-3-5-9-6-4-8(2)12-10(9)11-7/h3-7H,1-2H3,(H,11,12). The molecule has 1 N–H and O–H groups in total. The zero-order valence-electron chi connectivity index (χ0n) is 7.33. The van der Waals surface area contributed by atoms with Crippen LogP contribution in [0, 0.1) is 6.92 Å². The van der Waals surface area contributed by atoms with Crippen molar-refractivity contribution >= 4 is 11.9 Å². The van der Waals surface area contributed by atoms with E-state index in [0.717, 1.165) is 11.5 Å². The summed E-state index contributed by atoms with van der Waals surface area (Å²) in [7, 11) is 0. The van der Waals surface area contributed by atoms with Gasteiger partial charge in [0.05, 0.1) is 0 Å². The molecule has 2 heteroatoms. The van der Waals surface area contributed by atoms with Crippen LogP contribution < -0.4 is 5.32 Å². The lowest BCUT2D eigenvalue weighted by Gasteiger charge is -2.17. The van der Waals surface area contributed by atoms with Gasteiger partial charge in [-0.1, -0.05) is 12.2 Å². The molecule has 0 fully saturated rings. The molecule has 2 rings (SSSR count). The van der Waals surface area contributed by atoms with Gasteiger partial charge in [-0.2, -0.15) is 0 Å². The average Bonchev–Trinajstić information content (AvgIpc) is 2.03. The largest absolute Gasteiger partial charge is 0.364 e. The van der Waals surface area contributed by atoms with Crippen LogP contribution in [0.15, 0.2) is 18.2 Å². The molecule has 0 aromatic carbocycles. The Morgan fingerprint density at radius 3 is 3.08 bits per heavy atom. The minimum atomic E-state index is 0.395. The molecule has 12 heavy (non-hydrogen) atoms. The summed E-state index contributed by atoms with van der Waals surface area (Å²) < 4.78 is 0. The first-order valence-corrected chi connectivity index (χ1v) is 4.18. The molecule has 1 unspecified atom stereocenters. The first-order chi connectivity index (χ1) is 5.75. The molecule has 0 saturated heterocycles. The van der Waals surface area contributed by atoms with Crippen molar-refractivity contribution in [1.29, 1.82) is 0 Å². The van der Waals surface area contributed by atoms with E-state index in [9.17, 15) is 0 Å². The van der Waals surface area contributed by atoms with Gasteiger partial charge < -0.3 is 5.32 Å². The predicted molar refractivity (Wildman–Crippen MR) is 51.1 cm³/mol. The van der Waals surface area contributed by atoms with Gasteiger partial charge >= 0.3 is 0 Å². The molecule has 1 aliphatic heterocycles. The summed E-state index contributed by atoms with van der Waals surface area (Å²) in [5.41, 5.74) is 2.24. The van der Waals surface area contributed by atoms with E-state index in [-0.39, 0.29) is 0 Å². The molecule has 2 nitrogen and oxygen atoms in total. The Labute approximate surface area is 72.3 Å². The van der Waals surface area contributed by atoms with Crippen molar-refractivity contribution in [2.45, 2.75) is 19.9 Å². The van der Waals surface area contributed by atoms with Crippen LogP contribution in [0.2, 0.25) is 0 Å². The highest BCUT2D eigenvalue weighted by atomic mass is 15.0. The SMILES string of the molecule is Cc1ccc2c(n1)NC(C)C=C2. The Morgan fingerprint density at radius 1 is 1.42 bits per heavy atom. The summed E-state index contributed by atoms with van der Waals surface area (Å²) in [6.45, 7) is 4.12. The number of aromatic nitrogens is 1. The molecule has 0 radical (unpaired) electrons. The van der Waals surface area contributed by atoms with Gasteiger partial charge in [0.15, 0.2) is 0 Å². The second-order valence-electron chi connectivity index (χ2n) is 3.18. The Bertz CT molecular complexity index is 329. The molecule has 0 aliphatic carbocycles. The monoisotopic (exact) mass is 160 g/mol. The number of rotatable bonds is 0. The van der Waals surface area contributed by atoms with Gasteiger partial charge in [-0.25, -0.2) is 4.98 Å². The maximum Gasteiger partial charge on any atom is 0.133 e. The summed E-state index contributed by atoms with van der Waals surface area (Å²) >= 11 is 0. The molecule has 0 bridgehead atoms. The number of fused-ring (bicyclic) bond motifs is 1. The van der Waals surface area contributed by atoms with Gasteiger partial charge in [0.2, 0.25) is 0 Å². The lowest BCUT2D eigenvalue weighted by molar-refractivity contribution is 0.966. The smallest absolute Gasteiger partial charge is 0.133 e. The number of pyridine rings is 1. The van der Waals surface area contributed by atoms with Gasteiger partial charge in [-0.05, 0) is 26.0 Å². The van der Waals surface area contributed by atoms with Gasteiger partial charge in [-0.15, -0.1) is 0 Å². The highest BCUT2D eigenvalue weighted by Gasteiger charge is 2.08. The van der Waals surface area contributed by atoms with E-state index in [1.54, 1.807) is 0 Å². The van der Waals surface area contributed by atoms with Crippen LogP contribution in [0.25, 0.3) is 6.08 Å². The van der Waals surface area contributed by atoms with E-state index in [1.165, 1.54) is 5.56 Å². The molecule has 2 heterocycles. The molecule has 62 valence electrons. The van der Waals surface area contributed by atoms with Crippen molar-refractivity contribution in [1.82, 2.24) is 4.98 Å². The second kappa shape index (κ2) is 2.63. The minimum Gasteiger partial charge on any atom is -0.364 e. The molecule has 1 aliphatic rings. The zero-order chi connectivity index (χ0) is 8.55. The van der Waals surface area contributed by atoms with Crippen molar-refractivity contribution in [3.05, 3.63) is 29.5 Å². The van der Waals surface area contributed by atoms with Crippen LogP contribution in [0.5, 0.6) is 0 Å². The summed E-state index contributed by atoms with van der Waals surface area (Å²) in [6, 6.07) is 4.51. The maximum absolute atomic E-state index is 4.40. The summed E-state index contributed by atoms with van der Waals surface area (Å²) in [6.07, 6.45) is 4.25. The number of aryl methyl sites for hydroxylation is 1. The fraction of sp³-hybridized carbons (Fsp3) is 0.300. The number of anilines is 1. The Hall–Kier alpha value is -1.31. The highest BCUT2D eigenvalue weighted by molar-refractivity contribution is 5.67. The van der Waals surface area contributed by atoms with Gasteiger partial charge in [0.1, 0.15) is 5.82 Å². The number of nitrogens with one attached hydrogen (secondary N) is 1. The number of hydrogen-bond donors (Lipinski definition) is 1. The molecule has 1 aromatic rings. The molecule has 1 aromatic heterocycles. The lowest BCUT2D eigenvalue weighted by atomic mass is 10.1. The quantitative estimate of drug-likeness (QED) is 0.629. The third-order valence-corrected chi connectivity index (χ3v) is 1.99. The minimum absolute atomic E-state index is 0.395. The van der Waals surface area contributed by atoms with E-state index >= 15 is 0 Å². The average molecular weight is 160 g/mol. The molecule has 0 saturated carbocycles. The third-order valence-electron chi connectivity index (χ3n) is 1.99. The van der Waals surface area contributed by atoms with Crippen molar-refractivity contribution in [2.75, 3.05) is 5.32 Å². The van der Waals surface area contributed by atoms with Crippen LogP contribution >= 0.6 is 0 Å². The van der Waals surface area contributed by atoms with Crippen LogP contribution in [0.4, 0.5) is 5.82 Å². The molecule has 0 spiro atoms. The number of nitrogens with zero attached hydrogens (tertiary/aromatic N) is 1. The Balaban J connectivity index is 2.47. The normalized spacial score (nSPS) is 20.0. The van der Waals surface area contributed by atoms with Crippen LogP contribution in [-0.2, 0) is 0 Å². The molecule has 1 atom stereocenters. The summed E-state index contributed by atoms with van der Waals surface area (Å²) in [5.74, 6) is 1.00. The van der Waals surface area contributed by atoms with Crippen molar-refractivity contribution in [3.8, 4) is 0 Å². The highest BCUT2D eigenvalue weighted by Crippen LogP contribution is 2.20. The topological polar surface area (TPSA) is 24.9 Å². The van der Waals surface area contributed by atoms with E-state index < -0.39 is 0 Å². The number of hydrogen-bond acceptors (Lipinski definition) is 2. The van der Waals surface area contributed by atoms with E-state index in [4.69, 9.17) is 0 Å². The van der Waals surface area contributed by atoms with E-state index in [2.05, 4.69) is 35.4 Å². The Morgan fingerprint density at radius 2 is 2.25 bits per heavy atom. The summed E-state index contributed by atoms with van der Waals surface area (Å²) in [4.78, 5) is 4.40. The first-order valence-electron chi connectivity index (χ1n) is 4.18. The van der Waals surface area contributed by atoms with Crippen LogP contribution in [-0.4, -0.2) is 11.0 Å².